The van der Waals surface area contributed by atoms with E-state index in [0.29, 0.717) is 18.2 Å². The minimum atomic E-state index is -0.171. The second-order valence-electron chi connectivity index (χ2n) is 5.11. The lowest BCUT2D eigenvalue weighted by atomic mass is 10.0. The van der Waals surface area contributed by atoms with Crippen LogP contribution in [0.15, 0.2) is 24.3 Å². The molecule has 0 aliphatic carbocycles. The zero-order chi connectivity index (χ0) is 14.3. The molecule has 0 saturated heterocycles. The van der Waals surface area contributed by atoms with Gasteiger partial charge in [0.2, 0.25) is 0 Å². The first-order valence-corrected chi connectivity index (χ1v) is 6.63. The summed E-state index contributed by atoms with van der Waals surface area (Å²) in [5.41, 5.74) is 1.19. The lowest BCUT2D eigenvalue weighted by Crippen LogP contribution is -2.33. The highest BCUT2D eigenvalue weighted by molar-refractivity contribution is 5.77. The van der Waals surface area contributed by atoms with E-state index in [4.69, 9.17) is 9.84 Å². The van der Waals surface area contributed by atoms with E-state index in [0.717, 1.165) is 0 Å². The third kappa shape index (κ3) is 5.75. The van der Waals surface area contributed by atoms with Gasteiger partial charge in [-0.25, -0.2) is 0 Å². The van der Waals surface area contributed by atoms with Crippen LogP contribution in [0.4, 0.5) is 0 Å². The van der Waals surface area contributed by atoms with Gasteiger partial charge in [-0.1, -0.05) is 32.9 Å². The molecule has 2 N–H and O–H groups in total. The molecule has 0 saturated carbocycles. The van der Waals surface area contributed by atoms with Gasteiger partial charge in [0.05, 0.1) is 0 Å². The summed E-state index contributed by atoms with van der Waals surface area (Å²) in [6.07, 6.45) is 0. The SMILES string of the molecule is CC(CO)CNC(=O)COc1cccc(C(C)C)c1. The van der Waals surface area contributed by atoms with Crippen LogP contribution < -0.4 is 10.1 Å². The maximum absolute atomic E-state index is 11.5. The number of aliphatic hydroxyl groups excluding tert-OH is 1. The van der Waals surface area contributed by atoms with E-state index in [1.165, 1.54) is 5.56 Å². The Morgan fingerprint density at radius 1 is 1.37 bits per heavy atom. The van der Waals surface area contributed by atoms with Crippen molar-refractivity contribution in [3.8, 4) is 5.75 Å². The van der Waals surface area contributed by atoms with Crippen LogP contribution in [0.25, 0.3) is 0 Å². The average Bonchev–Trinajstić information content (AvgIpc) is 2.42. The van der Waals surface area contributed by atoms with Crippen molar-refractivity contribution in [2.24, 2.45) is 5.92 Å². The van der Waals surface area contributed by atoms with E-state index in [-0.39, 0.29) is 25.0 Å². The van der Waals surface area contributed by atoms with Gasteiger partial charge in [0.25, 0.3) is 5.91 Å². The summed E-state index contributed by atoms with van der Waals surface area (Å²) < 4.78 is 5.45. The highest BCUT2D eigenvalue weighted by Crippen LogP contribution is 2.19. The quantitative estimate of drug-likeness (QED) is 0.792. The molecule has 0 aliphatic heterocycles. The van der Waals surface area contributed by atoms with Gasteiger partial charge < -0.3 is 15.2 Å². The average molecular weight is 265 g/mol. The monoisotopic (exact) mass is 265 g/mol. The van der Waals surface area contributed by atoms with Gasteiger partial charge >= 0.3 is 0 Å². The fourth-order valence-corrected chi connectivity index (χ4v) is 1.52. The summed E-state index contributed by atoms with van der Waals surface area (Å²) >= 11 is 0. The zero-order valence-electron chi connectivity index (χ0n) is 11.8. The minimum absolute atomic E-state index is 0.000300. The molecule has 1 amide bonds. The Balaban J connectivity index is 2.39. The Morgan fingerprint density at radius 3 is 2.74 bits per heavy atom. The molecule has 0 bridgehead atoms. The van der Waals surface area contributed by atoms with Crippen LogP contribution in [0.2, 0.25) is 0 Å². The summed E-state index contributed by atoms with van der Waals surface area (Å²) in [6, 6.07) is 7.76. The molecule has 1 unspecified atom stereocenters. The number of carbonyl (C=O) groups excluding carboxylic acids is 1. The first kappa shape index (κ1) is 15.5. The number of ether oxygens (including phenoxy) is 1. The van der Waals surface area contributed by atoms with E-state index in [1.807, 2.05) is 31.2 Å². The molecule has 0 aliphatic rings. The van der Waals surface area contributed by atoms with Crippen molar-refractivity contribution in [2.45, 2.75) is 26.7 Å². The van der Waals surface area contributed by atoms with Crippen LogP contribution in [-0.2, 0) is 4.79 Å². The molecular weight excluding hydrogens is 242 g/mol. The maximum Gasteiger partial charge on any atom is 0.257 e. The van der Waals surface area contributed by atoms with Crippen LogP contribution in [-0.4, -0.2) is 30.8 Å². The number of carbonyl (C=O) groups is 1. The van der Waals surface area contributed by atoms with Gasteiger partial charge in [0.1, 0.15) is 5.75 Å². The van der Waals surface area contributed by atoms with Crippen molar-refractivity contribution in [1.29, 1.82) is 0 Å². The van der Waals surface area contributed by atoms with E-state index in [1.54, 1.807) is 0 Å². The van der Waals surface area contributed by atoms with E-state index < -0.39 is 0 Å². The van der Waals surface area contributed by atoms with Crippen molar-refractivity contribution >= 4 is 5.91 Å². The van der Waals surface area contributed by atoms with Crippen LogP contribution in [0.1, 0.15) is 32.3 Å². The van der Waals surface area contributed by atoms with Crippen molar-refractivity contribution in [3.05, 3.63) is 29.8 Å². The van der Waals surface area contributed by atoms with Crippen LogP contribution in [0.5, 0.6) is 5.75 Å². The number of hydrogen-bond donors (Lipinski definition) is 2. The Labute approximate surface area is 114 Å². The van der Waals surface area contributed by atoms with Crippen molar-refractivity contribution in [3.63, 3.8) is 0 Å². The molecule has 1 rings (SSSR count). The summed E-state index contributed by atoms with van der Waals surface area (Å²) in [5.74, 6) is 1.03. The molecule has 1 aromatic carbocycles. The topological polar surface area (TPSA) is 58.6 Å². The largest absolute Gasteiger partial charge is 0.484 e. The lowest BCUT2D eigenvalue weighted by Gasteiger charge is -2.11. The maximum atomic E-state index is 11.5. The van der Waals surface area contributed by atoms with Crippen molar-refractivity contribution in [2.75, 3.05) is 19.8 Å². The van der Waals surface area contributed by atoms with Crippen LogP contribution in [0, 0.1) is 5.92 Å². The van der Waals surface area contributed by atoms with Crippen molar-refractivity contribution in [1.82, 2.24) is 5.32 Å². The number of amides is 1. The molecule has 1 aromatic rings. The summed E-state index contributed by atoms with van der Waals surface area (Å²) in [6.45, 7) is 6.62. The van der Waals surface area contributed by atoms with E-state index in [9.17, 15) is 4.79 Å². The number of aliphatic hydroxyl groups is 1. The first-order chi connectivity index (χ1) is 9.02. The molecule has 4 heteroatoms. The summed E-state index contributed by atoms with van der Waals surface area (Å²) in [4.78, 5) is 11.5. The lowest BCUT2D eigenvalue weighted by molar-refractivity contribution is -0.123. The molecule has 19 heavy (non-hydrogen) atoms. The fraction of sp³-hybridized carbons (Fsp3) is 0.533. The van der Waals surface area contributed by atoms with Gasteiger partial charge in [-0.05, 0) is 29.5 Å². The third-order valence-electron chi connectivity index (χ3n) is 2.85. The molecule has 0 fully saturated rings. The fourth-order valence-electron chi connectivity index (χ4n) is 1.52. The second kappa shape index (κ2) is 7.79. The number of rotatable bonds is 7. The van der Waals surface area contributed by atoms with Gasteiger partial charge in [-0.2, -0.15) is 0 Å². The van der Waals surface area contributed by atoms with Crippen LogP contribution >= 0.6 is 0 Å². The number of nitrogens with one attached hydrogen (secondary N) is 1. The summed E-state index contributed by atoms with van der Waals surface area (Å²) in [7, 11) is 0. The van der Waals surface area contributed by atoms with Gasteiger partial charge in [-0.15, -0.1) is 0 Å². The molecule has 0 aromatic heterocycles. The number of hydrogen-bond acceptors (Lipinski definition) is 3. The molecule has 4 nitrogen and oxygen atoms in total. The molecule has 1 atom stereocenters. The van der Waals surface area contributed by atoms with E-state index >= 15 is 0 Å². The number of benzene rings is 1. The highest BCUT2D eigenvalue weighted by atomic mass is 16.5. The Morgan fingerprint density at radius 2 is 2.11 bits per heavy atom. The normalized spacial score (nSPS) is 12.3. The molecule has 0 heterocycles. The molecule has 106 valence electrons. The van der Waals surface area contributed by atoms with E-state index in [2.05, 4.69) is 19.2 Å². The van der Waals surface area contributed by atoms with Crippen LogP contribution in [0.3, 0.4) is 0 Å². The molecular formula is C15H23NO3. The van der Waals surface area contributed by atoms with Crippen molar-refractivity contribution < 1.29 is 14.6 Å². The first-order valence-electron chi connectivity index (χ1n) is 6.63. The standard InChI is InChI=1S/C15H23NO3/c1-11(2)13-5-4-6-14(7-13)19-10-15(18)16-8-12(3)9-17/h4-7,11-12,17H,8-10H2,1-3H3,(H,16,18). The van der Waals surface area contributed by atoms with Gasteiger partial charge in [-0.3, -0.25) is 4.79 Å². The Kier molecular flexibility index (Phi) is 6.36. The predicted octanol–water partition coefficient (Wildman–Crippen LogP) is 1.93. The predicted molar refractivity (Wildman–Crippen MR) is 75.3 cm³/mol. The van der Waals surface area contributed by atoms with Gasteiger partial charge in [0.15, 0.2) is 6.61 Å². The third-order valence-corrected chi connectivity index (χ3v) is 2.85. The summed E-state index contributed by atoms with van der Waals surface area (Å²) in [5, 5.41) is 11.6. The minimum Gasteiger partial charge on any atom is -0.484 e. The van der Waals surface area contributed by atoms with Gasteiger partial charge in [0, 0.05) is 13.2 Å². The smallest absolute Gasteiger partial charge is 0.257 e. The Bertz CT molecular complexity index is 404. The molecule has 0 spiro atoms. The zero-order valence-corrected chi connectivity index (χ0v) is 11.8. The molecule has 0 radical (unpaired) electrons. The highest BCUT2D eigenvalue weighted by Gasteiger charge is 2.06. The second-order valence-corrected chi connectivity index (χ2v) is 5.11. The Hall–Kier alpha value is -1.55.